The van der Waals surface area contributed by atoms with Crippen molar-refractivity contribution in [3.63, 3.8) is 0 Å². The van der Waals surface area contributed by atoms with Crippen LogP contribution in [0.25, 0.3) is 10.9 Å². The molecule has 1 aliphatic rings. The highest BCUT2D eigenvalue weighted by molar-refractivity contribution is 5.81. The fraction of sp³-hybridized carbons (Fsp3) is 0.231. The minimum Gasteiger partial charge on any atom is -0.369 e. The fourth-order valence-corrected chi connectivity index (χ4v) is 4.15. The third-order valence-electron chi connectivity index (χ3n) is 5.74. The monoisotopic (exact) mass is 413 g/mol. The van der Waals surface area contributed by atoms with Crippen molar-refractivity contribution in [1.82, 2.24) is 14.9 Å². The van der Waals surface area contributed by atoms with E-state index in [1.54, 1.807) is 0 Å². The normalized spacial score (nSPS) is 17.1. The van der Waals surface area contributed by atoms with E-state index in [-0.39, 0.29) is 11.9 Å². The van der Waals surface area contributed by atoms with Gasteiger partial charge < -0.3 is 4.74 Å². The lowest BCUT2D eigenvalue weighted by molar-refractivity contribution is -0.0349. The number of ether oxygens (including phenoxy) is 1. The van der Waals surface area contributed by atoms with Gasteiger partial charge in [0.15, 0.2) is 0 Å². The van der Waals surface area contributed by atoms with Gasteiger partial charge in [0.05, 0.1) is 17.8 Å². The highest BCUT2D eigenvalue weighted by atomic mass is 19.1. The quantitative estimate of drug-likeness (QED) is 0.465. The number of aromatic nitrogens is 2. The zero-order chi connectivity index (χ0) is 21.0. The third kappa shape index (κ3) is 4.63. The zero-order valence-electron chi connectivity index (χ0n) is 17.2. The van der Waals surface area contributed by atoms with E-state index in [9.17, 15) is 4.39 Å². The SMILES string of the molecule is Fc1ccc(Cc2cccc(C3CN(Cc4ccnc5ccccc45)CCO3)n2)cc1. The van der Waals surface area contributed by atoms with Crippen LogP contribution in [-0.2, 0) is 17.7 Å². The van der Waals surface area contributed by atoms with Crippen molar-refractivity contribution in [2.24, 2.45) is 0 Å². The number of fused-ring (bicyclic) bond motifs is 1. The number of para-hydroxylation sites is 1. The summed E-state index contributed by atoms with van der Waals surface area (Å²) < 4.78 is 19.2. The van der Waals surface area contributed by atoms with E-state index >= 15 is 0 Å². The first-order chi connectivity index (χ1) is 15.2. The molecule has 0 spiro atoms. The molecule has 2 aromatic heterocycles. The zero-order valence-corrected chi connectivity index (χ0v) is 17.2. The van der Waals surface area contributed by atoms with Crippen LogP contribution in [0, 0.1) is 5.82 Å². The molecule has 5 rings (SSSR count). The van der Waals surface area contributed by atoms with Crippen LogP contribution in [0.1, 0.15) is 28.6 Å². The molecule has 0 saturated carbocycles. The van der Waals surface area contributed by atoms with E-state index in [0.29, 0.717) is 13.0 Å². The molecular weight excluding hydrogens is 389 g/mol. The van der Waals surface area contributed by atoms with E-state index in [2.05, 4.69) is 34.1 Å². The molecule has 1 atom stereocenters. The van der Waals surface area contributed by atoms with E-state index in [4.69, 9.17) is 9.72 Å². The molecule has 1 saturated heterocycles. The molecule has 4 aromatic rings. The second kappa shape index (κ2) is 8.92. The second-order valence-electron chi connectivity index (χ2n) is 7.94. The maximum atomic E-state index is 13.2. The smallest absolute Gasteiger partial charge is 0.123 e. The third-order valence-corrected chi connectivity index (χ3v) is 5.74. The molecule has 2 aromatic carbocycles. The van der Waals surface area contributed by atoms with Gasteiger partial charge in [-0.2, -0.15) is 0 Å². The molecule has 156 valence electrons. The lowest BCUT2D eigenvalue weighted by Crippen LogP contribution is -2.38. The van der Waals surface area contributed by atoms with Crippen LogP contribution >= 0.6 is 0 Å². The molecule has 4 nitrogen and oxygen atoms in total. The number of benzene rings is 2. The summed E-state index contributed by atoms with van der Waals surface area (Å²) in [4.78, 5) is 11.7. The van der Waals surface area contributed by atoms with Crippen LogP contribution in [0.3, 0.4) is 0 Å². The summed E-state index contributed by atoms with van der Waals surface area (Å²) in [5.41, 5.74) is 5.26. The first kappa shape index (κ1) is 19.8. The summed E-state index contributed by atoms with van der Waals surface area (Å²) in [6.45, 7) is 3.22. The number of rotatable bonds is 5. The number of morpholine rings is 1. The number of pyridine rings is 2. The van der Waals surface area contributed by atoms with Gasteiger partial charge in [-0.05, 0) is 47.5 Å². The van der Waals surface area contributed by atoms with Gasteiger partial charge in [-0.25, -0.2) is 4.39 Å². The molecule has 0 radical (unpaired) electrons. The van der Waals surface area contributed by atoms with Gasteiger partial charge in [-0.15, -0.1) is 0 Å². The van der Waals surface area contributed by atoms with Crippen molar-refractivity contribution in [2.75, 3.05) is 19.7 Å². The standard InChI is InChI=1S/C26H24FN3O/c27-21-10-8-19(9-11-21)16-22-4-3-7-25(29-22)26-18-30(14-15-31-26)17-20-12-13-28-24-6-2-1-5-23(20)24/h1-13,26H,14-18H2. The summed E-state index contributed by atoms with van der Waals surface area (Å²) in [6, 6.07) is 23.0. The van der Waals surface area contributed by atoms with Crippen LogP contribution in [0.4, 0.5) is 4.39 Å². The summed E-state index contributed by atoms with van der Waals surface area (Å²) in [6.07, 6.45) is 2.50. The van der Waals surface area contributed by atoms with Gasteiger partial charge >= 0.3 is 0 Å². The lowest BCUT2D eigenvalue weighted by Gasteiger charge is -2.33. The fourth-order valence-electron chi connectivity index (χ4n) is 4.15. The first-order valence-electron chi connectivity index (χ1n) is 10.6. The molecule has 0 N–H and O–H groups in total. The topological polar surface area (TPSA) is 38.2 Å². The summed E-state index contributed by atoms with van der Waals surface area (Å²) >= 11 is 0. The average Bonchev–Trinajstić information content (AvgIpc) is 2.81. The molecule has 1 fully saturated rings. The maximum absolute atomic E-state index is 13.2. The Balaban J connectivity index is 1.30. The lowest BCUT2D eigenvalue weighted by atomic mass is 10.1. The van der Waals surface area contributed by atoms with Gasteiger partial charge in [-0.1, -0.05) is 36.4 Å². The Morgan fingerprint density at radius 3 is 2.74 bits per heavy atom. The Hall–Kier alpha value is -3.15. The van der Waals surface area contributed by atoms with E-state index in [0.717, 1.165) is 42.1 Å². The largest absolute Gasteiger partial charge is 0.369 e. The van der Waals surface area contributed by atoms with Crippen LogP contribution in [0.2, 0.25) is 0 Å². The van der Waals surface area contributed by atoms with Crippen LogP contribution in [-0.4, -0.2) is 34.6 Å². The van der Waals surface area contributed by atoms with E-state index < -0.39 is 0 Å². The first-order valence-corrected chi connectivity index (χ1v) is 10.6. The molecular formula is C26H24FN3O. The number of hydrogen-bond donors (Lipinski definition) is 0. The summed E-state index contributed by atoms with van der Waals surface area (Å²) in [5.74, 6) is -0.219. The van der Waals surface area contributed by atoms with Crippen LogP contribution in [0.5, 0.6) is 0 Å². The molecule has 1 unspecified atom stereocenters. The highest BCUT2D eigenvalue weighted by Crippen LogP contribution is 2.24. The minimum atomic E-state index is -0.219. The van der Waals surface area contributed by atoms with E-state index in [1.807, 2.05) is 42.6 Å². The number of halogens is 1. The average molecular weight is 413 g/mol. The molecule has 1 aliphatic heterocycles. The Kier molecular flexibility index (Phi) is 5.69. The van der Waals surface area contributed by atoms with Gasteiger partial charge in [0, 0.05) is 43.3 Å². The molecule has 0 amide bonds. The number of nitrogens with zero attached hydrogens (tertiary/aromatic N) is 3. The van der Waals surface area contributed by atoms with Crippen LogP contribution in [0.15, 0.2) is 79.0 Å². The Labute approximate surface area is 181 Å². The van der Waals surface area contributed by atoms with Crippen molar-refractivity contribution in [3.8, 4) is 0 Å². The van der Waals surface area contributed by atoms with Crippen molar-refractivity contribution in [3.05, 3.63) is 107 Å². The minimum absolute atomic E-state index is 0.0602. The molecule has 5 heteroatoms. The maximum Gasteiger partial charge on any atom is 0.123 e. The molecule has 3 heterocycles. The Bertz CT molecular complexity index is 1170. The van der Waals surface area contributed by atoms with Gasteiger partial charge in [0.2, 0.25) is 0 Å². The van der Waals surface area contributed by atoms with Crippen LogP contribution < -0.4 is 0 Å². The van der Waals surface area contributed by atoms with E-state index in [1.165, 1.54) is 23.1 Å². The summed E-state index contributed by atoms with van der Waals surface area (Å²) in [5, 5.41) is 1.20. The summed E-state index contributed by atoms with van der Waals surface area (Å²) in [7, 11) is 0. The Morgan fingerprint density at radius 1 is 0.968 bits per heavy atom. The van der Waals surface area contributed by atoms with Crippen molar-refractivity contribution >= 4 is 10.9 Å². The van der Waals surface area contributed by atoms with Gasteiger partial charge in [-0.3, -0.25) is 14.9 Å². The molecule has 0 aliphatic carbocycles. The van der Waals surface area contributed by atoms with Gasteiger partial charge in [0.1, 0.15) is 11.9 Å². The van der Waals surface area contributed by atoms with Crippen molar-refractivity contribution in [2.45, 2.75) is 19.1 Å². The van der Waals surface area contributed by atoms with Gasteiger partial charge in [0.25, 0.3) is 0 Å². The number of hydrogen-bond acceptors (Lipinski definition) is 4. The predicted molar refractivity (Wildman–Crippen MR) is 119 cm³/mol. The second-order valence-corrected chi connectivity index (χ2v) is 7.94. The molecule has 0 bridgehead atoms. The Morgan fingerprint density at radius 2 is 1.84 bits per heavy atom. The van der Waals surface area contributed by atoms with Crippen molar-refractivity contribution < 1.29 is 9.13 Å². The predicted octanol–water partition coefficient (Wildman–Crippen LogP) is 4.93. The highest BCUT2D eigenvalue weighted by Gasteiger charge is 2.23. The molecule has 31 heavy (non-hydrogen) atoms. The van der Waals surface area contributed by atoms with Crippen molar-refractivity contribution in [1.29, 1.82) is 0 Å².